The lowest BCUT2D eigenvalue weighted by Crippen LogP contribution is -2.17. The van der Waals surface area contributed by atoms with Gasteiger partial charge in [0.15, 0.2) is 0 Å². The molecule has 0 amide bonds. The van der Waals surface area contributed by atoms with Crippen LogP contribution in [0, 0.1) is 23.2 Å². The van der Waals surface area contributed by atoms with Crippen molar-refractivity contribution in [2.75, 3.05) is 6.54 Å². The molecule has 0 saturated heterocycles. The zero-order valence-electron chi connectivity index (χ0n) is 8.29. The van der Waals surface area contributed by atoms with Gasteiger partial charge in [-0.25, -0.2) is 0 Å². The number of nitrogens with zero attached hydrogens (tertiary/aromatic N) is 1. The van der Waals surface area contributed by atoms with Crippen LogP contribution in [0.5, 0.6) is 0 Å². The SMILES string of the molecule is CC#CCNC(C)c1ccc(C#N)s1. The van der Waals surface area contributed by atoms with Crippen LogP contribution in [0.25, 0.3) is 0 Å². The van der Waals surface area contributed by atoms with E-state index in [1.54, 1.807) is 0 Å². The summed E-state index contributed by atoms with van der Waals surface area (Å²) in [6, 6.07) is 6.24. The lowest BCUT2D eigenvalue weighted by atomic mass is 10.3. The zero-order chi connectivity index (χ0) is 10.4. The van der Waals surface area contributed by atoms with Crippen LogP contribution in [-0.2, 0) is 0 Å². The minimum atomic E-state index is 0.267. The Balaban J connectivity index is 2.55. The molecule has 0 saturated carbocycles. The third kappa shape index (κ3) is 2.88. The molecule has 1 rings (SSSR count). The molecule has 0 aliphatic heterocycles. The normalized spacial score (nSPS) is 11.2. The van der Waals surface area contributed by atoms with Crippen LogP contribution in [0.15, 0.2) is 12.1 Å². The molecule has 0 aliphatic rings. The van der Waals surface area contributed by atoms with E-state index in [0.717, 1.165) is 4.88 Å². The zero-order valence-corrected chi connectivity index (χ0v) is 9.11. The molecule has 72 valence electrons. The highest BCUT2D eigenvalue weighted by Gasteiger charge is 2.06. The van der Waals surface area contributed by atoms with Gasteiger partial charge >= 0.3 is 0 Å². The van der Waals surface area contributed by atoms with Gasteiger partial charge in [0.2, 0.25) is 0 Å². The van der Waals surface area contributed by atoms with Crippen LogP contribution >= 0.6 is 11.3 Å². The molecule has 1 heterocycles. The predicted octanol–water partition coefficient (Wildman–Crippen LogP) is 2.29. The van der Waals surface area contributed by atoms with Crippen molar-refractivity contribution in [3.05, 3.63) is 21.9 Å². The van der Waals surface area contributed by atoms with E-state index in [-0.39, 0.29) is 6.04 Å². The van der Waals surface area contributed by atoms with Crippen molar-refractivity contribution in [2.45, 2.75) is 19.9 Å². The Morgan fingerprint density at radius 3 is 2.93 bits per heavy atom. The highest BCUT2D eigenvalue weighted by molar-refractivity contribution is 7.12. The van der Waals surface area contributed by atoms with E-state index in [1.165, 1.54) is 16.2 Å². The van der Waals surface area contributed by atoms with Crippen LogP contribution in [0.2, 0.25) is 0 Å². The molecule has 3 heteroatoms. The lowest BCUT2D eigenvalue weighted by Gasteiger charge is -2.08. The first-order valence-electron chi connectivity index (χ1n) is 4.40. The largest absolute Gasteiger partial charge is 0.299 e. The molecule has 0 fully saturated rings. The van der Waals surface area contributed by atoms with Crippen LogP contribution in [-0.4, -0.2) is 6.54 Å². The van der Waals surface area contributed by atoms with Crippen molar-refractivity contribution in [1.82, 2.24) is 5.32 Å². The first-order chi connectivity index (χ1) is 6.77. The fourth-order valence-electron chi connectivity index (χ4n) is 1.04. The lowest BCUT2D eigenvalue weighted by molar-refractivity contribution is 0.633. The van der Waals surface area contributed by atoms with Crippen molar-refractivity contribution in [2.24, 2.45) is 0 Å². The Labute approximate surface area is 88.6 Å². The molecule has 2 nitrogen and oxygen atoms in total. The van der Waals surface area contributed by atoms with Crippen LogP contribution in [0.1, 0.15) is 29.6 Å². The Hall–Kier alpha value is -1.29. The van der Waals surface area contributed by atoms with Crippen molar-refractivity contribution in [3.63, 3.8) is 0 Å². The standard InChI is InChI=1S/C11H12N2S/c1-3-4-7-13-9(2)11-6-5-10(8-12)14-11/h5-6,9,13H,7H2,1-2H3. The first kappa shape index (κ1) is 10.8. The highest BCUT2D eigenvalue weighted by Crippen LogP contribution is 2.21. The van der Waals surface area contributed by atoms with E-state index in [4.69, 9.17) is 5.26 Å². The van der Waals surface area contributed by atoms with Gasteiger partial charge in [-0.05, 0) is 26.0 Å². The van der Waals surface area contributed by atoms with E-state index in [2.05, 4.69) is 30.2 Å². The molecule has 1 atom stereocenters. The van der Waals surface area contributed by atoms with Crippen molar-refractivity contribution in [3.8, 4) is 17.9 Å². The molecular formula is C11H12N2S. The quantitative estimate of drug-likeness (QED) is 0.767. The van der Waals surface area contributed by atoms with E-state index in [1.807, 2.05) is 19.1 Å². The predicted molar refractivity (Wildman–Crippen MR) is 58.9 cm³/mol. The second kappa shape index (κ2) is 5.44. The molecule has 0 aromatic carbocycles. The van der Waals surface area contributed by atoms with E-state index in [0.29, 0.717) is 6.54 Å². The molecule has 0 aliphatic carbocycles. The average Bonchev–Trinajstić information content (AvgIpc) is 2.66. The van der Waals surface area contributed by atoms with E-state index < -0.39 is 0 Å². The van der Waals surface area contributed by atoms with Gasteiger partial charge < -0.3 is 0 Å². The monoisotopic (exact) mass is 204 g/mol. The third-order valence-electron chi connectivity index (χ3n) is 1.84. The molecule has 14 heavy (non-hydrogen) atoms. The maximum absolute atomic E-state index is 8.66. The van der Waals surface area contributed by atoms with Crippen molar-refractivity contribution < 1.29 is 0 Å². The summed E-state index contributed by atoms with van der Waals surface area (Å²) in [6.07, 6.45) is 0. The summed E-state index contributed by atoms with van der Waals surface area (Å²) in [5.74, 6) is 5.78. The summed E-state index contributed by atoms with van der Waals surface area (Å²) >= 11 is 1.53. The maximum atomic E-state index is 8.66. The van der Waals surface area contributed by atoms with Gasteiger partial charge in [0, 0.05) is 10.9 Å². The van der Waals surface area contributed by atoms with Gasteiger partial charge in [-0.15, -0.1) is 17.3 Å². The summed E-state index contributed by atoms with van der Waals surface area (Å²) < 4.78 is 0. The van der Waals surface area contributed by atoms with Gasteiger partial charge in [0.05, 0.1) is 6.54 Å². The Morgan fingerprint density at radius 2 is 2.36 bits per heavy atom. The molecule has 1 aromatic heterocycles. The van der Waals surface area contributed by atoms with Gasteiger partial charge in [-0.1, -0.05) is 5.92 Å². The topological polar surface area (TPSA) is 35.8 Å². The summed E-state index contributed by atoms with van der Waals surface area (Å²) in [6.45, 7) is 4.59. The van der Waals surface area contributed by atoms with Gasteiger partial charge in [-0.3, -0.25) is 5.32 Å². The van der Waals surface area contributed by atoms with Gasteiger partial charge in [0.25, 0.3) is 0 Å². The Morgan fingerprint density at radius 1 is 1.57 bits per heavy atom. The summed E-state index contributed by atoms with van der Waals surface area (Å²) in [7, 11) is 0. The summed E-state index contributed by atoms with van der Waals surface area (Å²) in [5, 5.41) is 11.9. The van der Waals surface area contributed by atoms with E-state index in [9.17, 15) is 0 Å². The fraction of sp³-hybridized carbons (Fsp3) is 0.364. The van der Waals surface area contributed by atoms with Gasteiger partial charge in [-0.2, -0.15) is 5.26 Å². The van der Waals surface area contributed by atoms with Crippen LogP contribution in [0.3, 0.4) is 0 Å². The second-order valence-electron chi connectivity index (χ2n) is 2.84. The van der Waals surface area contributed by atoms with Crippen molar-refractivity contribution in [1.29, 1.82) is 5.26 Å². The Bertz CT molecular complexity index is 389. The third-order valence-corrected chi connectivity index (χ3v) is 3.01. The fourth-order valence-corrected chi connectivity index (χ4v) is 1.87. The Kier molecular flexibility index (Phi) is 4.19. The van der Waals surface area contributed by atoms with Crippen LogP contribution < -0.4 is 5.32 Å². The molecule has 1 aromatic rings. The summed E-state index contributed by atoms with van der Waals surface area (Å²) in [4.78, 5) is 1.94. The molecule has 1 unspecified atom stereocenters. The number of hydrogen-bond acceptors (Lipinski definition) is 3. The molecule has 1 N–H and O–H groups in total. The highest BCUT2D eigenvalue weighted by atomic mass is 32.1. The molecular weight excluding hydrogens is 192 g/mol. The number of nitrogens with one attached hydrogen (secondary N) is 1. The minimum Gasteiger partial charge on any atom is -0.299 e. The molecule has 0 bridgehead atoms. The second-order valence-corrected chi connectivity index (χ2v) is 3.96. The first-order valence-corrected chi connectivity index (χ1v) is 5.22. The molecule has 0 spiro atoms. The maximum Gasteiger partial charge on any atom is 0.110 e. The average molecular weight is 204 g/mol. The summed E-state index contributed by atoms with van der Waals surface area (Å²) in [5.41, 5.74) is 0. The number of nitriles is 1. The number of hydrogen-bond donors (Lipinski definition) is 1. The smallest absolute Gasteiger partial charge is 0.110 e. The molecule has 0 radical (unpaired) electrons. The van der Waals surface area contributed by atoms with Crippen molar-refractivity contribution >= 4 is 11.3 Å². The number of rotatable bonds is 3. The van der Waals surface area contributed by atoms with E-state index >= 15 is 0 Å². The van der Waals surface area contributed by atoms with Gasteiger partial charge in [0.1, 0.15) is 10.9 Å². The van der Waals surface area contributed by atoms with Crippen LogP contribution in [0.4, 0.5) is 0 Å². The minimum absolute atomic E-state index is 0.267. The number of thiophene rings is 1.